The maximum atomic E-state index is 14.5. The van der Waals surface area contributed by atoms with Crippen molar-refractivity contribution in [3.8, 4) is 0 Å². The highest BCUT2D eigenvalue weighted by Gasteiger charge is 2.38. The molecule has 0 atom stereocenters. The van der Waals surface area contributed by atoms with E-state index in [0.717, 1.165) is 10.9 Å². The Morgan fingerprint density at radius 2 is 2.04 bits per heavy atom. The largest absolute Gasteiger partial charge is 0.385 e. The minimum absolute atomic E-state index is 0.0524. The first kappa shape index (κ1) is 19.2. The highest BCUT2D eigenvalue weighted by molar-refractivity contribution is 9.10. The molecule has 2 aromatic carbocycles. The molecule has 3 aromatic rings. The maximum absolute atomic E-state index is 14.5. The van der Waals surface area contributed by atoms with Crippen LogP contribution in [-0.4, -0.2) is 39.3 Å². The number of nitrogens with zero attached hydrogens (tertiary/aromatic N) is 2. The fourth-order valence-electron chi connectivity index (χ4n) is 3.48. The number of likely N-dealkylation sites (tertiary alicyclic amines) is 1. The van der Waals surface area contributed by atoms with E-state index in [1.807, 2.05) is 24.3 Å². The molecule has 1 aliphatic heterocycles. The molecule has 0 aliphatic carbocycles. The van der Waals surface area contributed by atoms with Crippen molar-refractivity contribution in [3.63, 3.8) is 0 Å². The molecule has 1 saturated heterocycles. The SMILES string of the molecule is O=C(Nc1n[nH]c2ccccc12)N1CCC(O)(c2cc(Br)cc(Cl)c2F)CC1. The van der Waals surface area contributed by atoms with Gasteiger partial charge in [-0.2, -0.15) is 5.10 Å². The second-order valence-electron chi connectivity index (χ2n) is 6.82. The van der Waals surface area contributed by atoms with Crippen LogP contribution in [0.1, 0.15) is 18.4 Å². The highest BCUT2D eigenvalue weighted by atomic mass is 79.9. The number of carbonyl (C=O) groups is 1. The molecule has 9 heteroatoms. The number of H-pyrrole nitrogens is 1. The first-order chi connectivity index (χ1) is 13.4. The fourth-order valence-corrected chi connectivity index (χ4v) is 4.29. The van der Waals surface area contributed by atoms with Crippen LogP contribution in [0.3, 0.4) is 0 Å². The van der Waals surface area contributed by atoms with Gasteiger partial charge in [-0.3, -0.25) is 10.4 Å². The molecule has 4 rings (SSSR count). The molecule has 0 bridgehead atoms. The molecule has 0 spiro atoms. The van der Waals surface area contributed by atoms with Crippen molar-refractivity contribution in [3.05, 3.63) is 57.3 Å². The molecule has 0 unspecified atom stereocenters. The van der Waals surface area contributed by atoms with Crippen LogP contribution in [0.4, 0.5) is 15.0 Å². The summed E-state index contributed by atoms with van der Waals surface area (Å²) in [6.45, 7) is 0.544. The Labute approximate surface area is 173 Å². The van der Waals surface area contributed by atoms with Crippen LogP contribution >= 0.6 is 27.5 Å². The maximum Gasteiger partial charge on any atom is 0.323 e. The average Bonchev–Trinajstić information content (AvgIpc) is 3.08. The van der Waals surface area contributed by atoms with Crippen LogP contribution in [0.5, 0.6) is 0 Å². The van der Waals surface area contributed by atoms with Gasteiger partial charge in [-0.05, 0) is 37.1 Å². The summed E-state index contributed by atoms with van der Waals surface area (Å²) in [5.74, 6) is -0.181. The van der Waals surface area contributed by atoms with E-state index in [0.29, 0.717) is 10.3 Å². The van der Waals surface area contributed by atoms with Crippen molar-refractivity contribution >= 4 is 50.3 Å². The van der Waals surface area contributed by atoms with Gasteiger partial charge in [0.1, 0.15) is 5.82 Å². The molecular weight excluding hydrogens is 451 g/mol. The van der Waals surface area contributed by atoms with Crippen molar-refractivity contribution in [2.45, 2.75) is 18.4 Å². The Hall–Kier alpha value is -2.16. The number of fused-ring (bicyclic) bond motifs is 1. The number of carbonyl (C=O) groups excluding carboxylic acids is 1. The van der Waals surface area contributed by atoms with E-state index in [-0.39, 0.29) is 42.5 Å². The van der Waals surface area contributed by atoms with Gasteiger partial charge >= 0.3 is 6.03 Å². The number of nitrogens with one attached hydrogen (secondary N) is 2. The lowest BCUT2D eigenvalue weighted by atomic mass is 9.84. The third-order valence-electron chi connectivity index (χ3n) is 5.07. The number of piperidine rings is 1. The van der Waals surface area contributed by atoms with Crippen LogP contribution in [0.2, 0.25) is 5.02 Å². The number of hydrogen-bond acceptors (Lipinski definition) is 3. The van der Waals surface area contributed by atoms with Gasteiger partial charge in [-0.15, -0.1) is 0 Å². The molecule has 0 radical (unpaired) electrons. The van der Waals surface area contributed by atoms with Gasteiger partial charge in [-0.1, -0.05) is 39.7 Å². The lowest BCUT2D eigenvalue weighted by molar-refractivity contribution is -0.0184. The lowest BCUT2D eigenvalue weighted by Gasteiger charge is -2.38. The van der Waals surface area contributed by atoms with Crippen molar-refractivity contribution in [2.75, 3.05) is 18.4 Å². The van der Waals surface area contributed by atoms with Gasteiger partial charge in [0.15, 0.2) is 5.82 Å². The monoisotopic (exact) mass is 466 g/mol. The van der Waals surface area contributed by atoms with E-state index in [2.05, 4.69) is 31.4 Å². The summed E-state index contributed by atoms with van der Waals surface area (Å²) in [5.41, 5.74) is -0.411. The zero-order valence-electron chi connectivity index (χ0n) is 14.7. The number of aromatic amines is 1. The second kappa shape index (κ2) is 7.35. The van der Waals surface area contributed by atoms with Crippen LogP contribution in [0.25, 0.3) is 10.9 Å². The summed E-state index contributed by atoms with van der Waals surface area (Å²) in [7, 11) is 0. The van der Waals surface area contributed by atoms with Crippen LogP contribution in [0.15, 0.2) is 40.9 Å². The predicted molar refractivity (Wildman–Crippen MR) is 109 cm³/mol. The molecule has 146 valence electrons. The number of urea groups is 1. The summed E-state index contributed by atoms with van der Waals surface area (Å²) in [6, 6.07) is 10.1. The number of benzene rings is 2. The molecule has 6 nitrogen and oxygen atoms in total. The minimum atomic E-state index is -1.38. The quantitative estimate of drug-likeness (QED) is 0.481. The number of amides is 2. The number of aromatic nitrogens is 2. The van der Waals surface area contributed by atoms with Crippen molar-refractivity contribution in [2.24, 2.45) is 0 Å². The summed E-state index contributed by atoms with van der Waals surface area (Å²) < 4.78 is 15.0. The standard InChI is InChI=1S/C19H17BrClFN4O2/c20-11-9-13(16(22)14(21)10-11)19(28)5-7-26(8-6-19)18(27)23-17-12-3-1-2-4-15(12)24-25-17/h1-4,9-10,28H,5-8H2,(H2,23,24,25,27). The normalized spacial score (nSPS) is 16.4. The number of rotatable bonds is 2. The van der Waals surface area contributed by atoms with E-state index in [9.17, 15) is 14.3 Å². The molecule has 0 saturated carbocycles. The Morgan fingerprint density at radius 3 is 2.79 bits per heavy atom. The third kappa shape index (κ3) is 3.47. The van der Waals surface area contributed by atoms with Crippen molar-refractivity contribution < 1.29 is 14.3 Å². The first-order valence-electron chi connectivity index (χ1n) is 8.74. The van der Waals surface area contributed by atoms with Crippen molar-refractivity contribution in [1.82, 2.24) is 15.1 Å². The molecule has 2 heterocycles. The minimum Gasteiger partial charge on any atom is -0.385 e. The van der Waals surface area contributed by atoms with Gasteiger partial charge in [0.05, 0.1) is 16.1 Å². The highest BCUT2D eigenvalue weighted by Crippen LogP contribution is 2.38. The number of aliphatic hydroxyl groups is 1. The summed E-state index contributed by atoms with van der Waals surface area (Å²) in [4.78, 5) is 14.2. The zero-order chi connectivity index (χ0) is 19.9. The molecule has 28 heavy (non-hydrogen) atoms. The zero-order valence-corrected chi connectivity index (χ0v) is 17.0. The van der Waals surface area contributed by atoms with Gasteiger partial charge in [-0.25, -0.2) is 9.18 Å². The topological polar surface area (TPSA) is 81.2 Å². The van der Waals surface area contributed by atoms with Crippen LogP contribution in [-0.2, 0) is 5.60 Å². The average molecular weight is 468 g/mol. The van der Waals surface area contributed by atoms with E-state index in [4.69, 9.17) is 11.6 Å². The molecule has 1 aromatic heterocycles. The van der Waals surface area contributed by atoms with Gasteiger partial charge in [0.2, 0.25) is 0 Å². The number of anilines is 1. The van der Waals surface area contributed by atoms with Crippen LogP contribution < -0.4 is 5.32 Å². The summed E-state index contributed by atoms with van der Waals surface area (Å²) in [5, 5.41) is 21.5. The summed E-state index contributed by atoms with van der Waals surface area (Å²) in [6.07, 6.45) is 0.400. The lowest BCUT2D eigenvalue weighted by Crippen LogP contribution is -2.47. The van der Waals surface area contributed by atoms with Gasteiger partial charge in [0.25, 0.3) is 0 Å². The smallest absolute Gasteiger partial charge is 0.323 e. The van der Waals surface area contributed by atoms with Crippen molar-refractivity contribution in [1.29, 1.82) is 0 Å². The fraction of sp³-hybridized carbons (Fsp3) is 0.263. The van der Waals surface area contributed by atoms with E-state index in [1.165, 1.54) is 12.1 Å². The Balaban J connectivity index is 1.47. The molecule has 1 aliphatic rings. The Kier molecular flexibility index (Phi) is 5.03. The molecule has 1 fully saturated rings. The Bertz CT molecular complexity index is 1050. The molecule has 3 N–H and O–H groups in total. The predicted octanol–water partition coefficient (Wildman–Crippen LogP) is 4.63. The van der Waals surface area contributed by atoms with Crippen LogP contribution in [0, 0.1) is 5.82 Å². The second-order valence-corrected chi connectivity index (χ2v) is 8.14. The number of hydrogen-bond donors (Lipinski definition) is 3. The van der Waals surface area contributed by atoms with Gasteiger partial charge in [0, 0.05) is 28.5 Å². The number of para-hydroxylation sites is 1. The number of halogens is 3. The molecular formula is C19H17BrClFN4O2. The van der Waals surface area contributed by atoms with E-state index >= 15 is 0 Å². The summed E-state index contributed by atoms with van der Waals surface area (Å²) >= 11 is 9.19. The van der Waals surface area contributed by atoms with Gasteiger partial charge < -0.3 is 10.0 Å². The van der Waals surface area contributed by atoms with E-state index in [1.54, 1.807) is 4.90 Å². The third-order valence-corrected chi connectivity index (χ3v) is 5.80. The molecule has 2 amide bonds. The Morgan fingerprint density at radius 1 is 1.32 bits per heavy atom. The van der Waals surface area contributed by atoms with E-state index < -0.39 is 11.4 Å². The first-order valence-corrected chi connectivity index (χ1v) is 9.91.